The number of amides is 2. The van der Waals surface area contributed by atoms with E-state index in [-0.39, 0.29) is 23.3 Å². The first-order valence-electron chi connectivity index (χ1n) is 7.31. The second-order valence-corrected chi connectivity index (χ2v) is 6.69. The first kappa shape index (κ1) is 15.5. The van der Waals surface area contributed by atoms with Crippen LogP contribution in [0.1, 0.15) is 50.4 Å². The largest absolute Gasteiger partial charge is 0.448 e. The fourth-order valence-corrected chi connectivity index (χ4v) is 2.55. The Morgan fingerprint density at radius 2 is 2.24 bits per heavy atom. The van der Waals surface area contributed by atoms with Crippen molar-refractivity contribution < 1.29 is 14.0 Å². The molecular weight excluding hydrogens is 270 g/mol. The molecule has 0 bridgehead atoms. The highest BCUT2D eigenvalue weighted by Crippen LogP contribution is 2.20. The number of rotatable bonds is 4. The molecule has 0 aromatic carbocycles. The highest BCUT2D eigenvalue weighted by molar-refractivity contribution is 5.94. The van der Waals surface area contributed by atoms with Gasteiger partial charge in [0.15, 0.2) is 12.1 Å². The van der Waals surface area contributed by atoms with Crippen LogP contribution < -0.4 is 5.32 Å². The Morgan fingerprint density at radius 1 is 1.52 bits per heavy atom. The van der Waals surface area contributed by atoms with Crippen molar-refractivity contribution in [3.8, 4) is 0 Å². The molecule has 0 saturated carbocycles. The summed E-state index contributed by atoms with van der Waals surface area (Å²) in [6.45, 7) is 9.43. The summed E-state index contributed by atoms with van der Waals surface area (Å²) in [6, 6.07) is -0.159. The predicted octanol–water partition coefficient (Wildman–Crippen LogP) is 1.61. The highest BCUT2D eigenvalue weighted by atomic mass is 16.3. The minimum absolute atomic E-state index is 0.0516. The minimum atomic E-state index is -0.268. The maximum Gasteiger partial charge on any atom is 0.273 e. The summed E-state index contributed by atoms with van der Waals surface area (Å²) in [5.41, 5.74) is 0.370. The van der Waals surface area contributed by atoms with Gasteiger partial charge in [-0.1, -0.05) is 27.7 Å². The van der Waals surface area contributed by atoms with Crippen LogP contribution in [-0.2, 0) is 11.2 Å². The van der Waals surface area contributed by atoms with Crippen LogP contribution in [-0.4, -0.2) is 40.8 Å². The average molecular weight is 293 g/mol. The minimum Gasteiger partial charge on any atom is -0.448 e. The SMILES string of the molecule is CCc1ocnc1C(=O)NC1CC(=O)N(CC(C)(C)C)C1. The smallest absolute Gasteiger partial charge is 0.273 e. The van der Waals surface area contributed by atoms with Crippen molar-refractivity contribution >= 4 is 11.8 Å². The molecule has 1 atom stereocenters. The zero-order valence-corrected chi connectivity index (χ0v) is 13.1. The van der Waals surface area contributed by atoms with Crippen molar-refractivity contribution in [3.05, 3.63) is 17.8 Å². The zero-order chi connectivity index (χ0) is 15.6. The number of carbonyl (C=O) groups is 2. The second kappa shape index (κ2) is 5.87. The van der Waals surface area contributed by atoms with Crippen LogP contribution in [0.25, 0.3) is 0 Å². The lowest BCUT2D eigenvalue weighted by Crippen LogP contribution is -2.39. The maximum absolute atomic E-state index is 12.2. The maximum atomic E-state index is 12.2. The molecule has 2 rings (SSSR count). The number of carbonyl (C=O) groups excluding carboxylic acids is 2. The Balaban J connectivity index is 1.96. The molecule has 1 saturated heterocycles. The van der Waals surface area contributed by atoms with Crippen LogP contribution in [0.2, 0.25) is 0 Å². The van der Waals surface area contributed by atoms with E-state index >= 15 is 0 Å². The van der Waals surface area contributed by atoms with Crippen molar-refractivity contribution in [2.24, 2.45) is 5.41 Å². The number of nitrogens with zero attached hydrogens (tertiary/aromatic N) is 2. The Morgan fingerprint density at radius 3 is 2.86 bits per heavy atom. The molecular formula is C15H23N3O3. The third-order valence-corrected chi connectivity index (χ3v) is 3.39. The number of nitrogens with one attached hydrogen (secondary N) is 1. The van der Waals surface area contributed by atoms with Gasteiger partial charge in [-0.05, 0) is 5.41 Å². The van der Waals surface area contributed by atoms with Gasteiger partial charge >= 0.3 is 0 Å². The molecule has 0 spiro atoms. The van der Waals surface area contributed by atoms with Crippen LogP contribution in [0.15, 0.2) is 10.8 Å². The van der Waals surface area contributed by atoms with E-state index in [9.17, 15) is 9.59 Å². The van der Waals surface area contributed by atoms with Gasteiger partial charge in [0.2, 0.25) is 5.91 Å². The van der Waals surface area contributed by atoms with E-state index in [1.165, 1.54) is 6.39 Å². The molecule has 1 unspecified atom stereocenters. The number of hydrogen-bond donors (Lipinski definition) is 1. The molecule has 6 heteroatoms. The Bertz CT molecular complexity index is 531. The first-order chi connectivity index (χ1) is 9.80. The third kappa shape index (κ3) is 3.83. The predicted molar refractivity (Wildman–Crippen MR) is 77.8 cm³/mol. The molecule has 1 aromatic rings. The van der Waals surface area contributed by atoms with Crippen molar-refractivity contribution in [2.75, 3.05) is 13.1 Å². The molecule has 1 aromatic heterocycles. The van der Waals surface area contributed by atoms with Gasteiger partial charge in [-0.3, -0.25) is 9.59 Å². The number of aryl methyl sites for hydroxylation is 1. The summed E-state index contributed by atoms with van der Waals surface area (Å²) in [5, 5.41) is 2.88. The second-order valence-electron chi connectivity index (χ2n) is 6.69. The fraction of sp³-hybridized carbons (Fsp3) is 0.667. The van der Waals surface area contributed by atoms with Crippen LogP contribution >= 0.6 is 0 Å². The standard InChI is InChI=1S/C15H23N3O3/c1-5-11-13(16-9-21-11)14(20)17-10-6-12(19)18(7-10)8-15(2,3)4/h9-10H,5-8H2,1-4H3,(H,17,20). The van der Waals surface area contributed by atoms with E-state index in [4.69, 9.17) is 4.42 Å². The van der Waals surface area contributed by atoms with E-state index < -0.39 is 0 Å². The molecule has 1 N–H and O–H groups in total. The van der Waals surface area contributed by atoms with Crippen LogP contribution in [0.5, 0.6) is 0 Å². The molecule has 0 radical (unpaired) electrons. The van der Waals surface area contributed by atoms with E-state index in [1.807, 2.05) is 11.8 Å². The van der Waals surface area contributed by atoms with Crippen molar-refractivity contribution in [3.63, 3.8) is 0 Å². The number of aromatic nitrogens is 1. The number of hydrogen-bond acceptors (Lipinski definition) is 4. The summed E-state index contributed by atoms with van der Waals surface area (Å²) < 4.78 is 5.16. The molecule has 1 fully saturated rings. The van der Waals surface area contributed by atoms with Crippen LogP contribution in [0.3, 0.4) is 0 Å². The molecule has 1 aliphatic rings. The van der Waals surface area contributed by atoms with Gasteiger partial charge in [-0.2, -0.15) is 0 Å². The molecule has 116 valence electrons. The third-order valence-electron chi connectivity index (χ3n) is 3.39. The lowest BCUT2D eigenvalue weighted by atomic mass is 9.96. The zero-order valence-electron chi connectivity index (χ0n) is 13.1. The normalized spacial score (nSPS) is 19.1. The van der Waals surface area contributed by atoms with Gasteiger partial charge in [0, 0.05) is 25.9 Å². The Hall–Kier alpha value is -1.85. The molecule has 6 nitrogen and oxygen atoms in total. The first-order valence-corrected chi connectivity index (χ1v) is 7.31. The van der Waals surface area contributed by atoms with Crippen LogP contribution in [0.4, 0.5) is 0 Å². The molecule has 2 heterocycles. The summed E-state index contributed by atoms with van der Waals surface area (Å²) in [7, 11) is 0. The molecule has 1 aliphatic heterocycles. The van der Waals surface area contributed by atoms with Crippen molar-refractivity contribution in [1.29, 1.82) is 0 Å². The van der Waals surface area contributed by atoms with Gasteiger partial charge in [-0.25, -0.2) is 4.98 Å². The monoisotopic (exact) mass is 293 g/mol. The van der Waals surface area contributed by atoms with Crippen molar-refractivity contribution in [1.82, 2.24) is 15.2 Å². The van der Waals surface area contributed by atoms with Gasteiger partial charge < -0.3 is 14.6 Å². The summed E-state index contributed by atoms with van der Waals surface area (Å²) in [4.78, 5) is 29.9. The topological polar surface area (TPSA) is 75.4 Å². The van der Waals surface area contributed by atoms with Crippen LogP contribution in [0, 0.1) is 5.41 Å². The quantitative estimate of drug-likeness (QED) is 0.915. The molecule has 0 aliphatic carbocycles. The summed E-state index contributed by atoms with van der Waals surface area (Å²) >= 11 is 0. The van der Waals surface area contributed by atoms with Gasteiger partial charge in [0.25, 0.3) is 5.91 Å². The van der Waals surface area contributed by atoms with E-state index in [0.29, 0.717) is 37.4 Å². The Labute approximate surface area is 124 Å². The summed E-state index contributed by atoms with van der Waals surface area (Å²) in [5.74, 6) is 0.394. The van der Waals surface area contributed by atoms with Gasteiger partial charge in [-0.15, -0.1) is 0 Å². The molecule has 2 amide bonds. The summed E-state index contributed by atoms with van der Waals surface area (Å²) in [6.07, 6.45) is 2.24. The Kier molecular flexibility index (Phi) is 4.34. The lowest BCUT2D eigenvalue weighted by molar-refractivity contribution is -0.128. The average Bonchev–Trinajstić information content (AvgIpc) is 2.95. The lowest BCUT2D eigenvalue weighted by Gasteiger charge is -2.26. The van der Waals surface area contributed by atoms with Crippen molar-refractivity contribution in [2.45, 2.75) is 46.6 Å². The highest BCUT2D eigenvalue weighted by Gasteiger charge is 2.33. The van der Waals surface area contributed by atoms with E-state index in [0.717, 1.165) is 0 Å². The van der Waals surface area contributed by atoms with Gasteiger partial charge in [0.05, 0.1) is 6.04 Å². The van der Waals surface area contributed by atoms with E-state index in [1.54, 1.807) is 0 Å². The number of likely N-dealkylation sites (tertiary alicyclic amines) is 1. The number of oxazole rings is 1. The fourth-order valence-electron chi connectivity index (χ4n) is 2.55. The molecule has 21 heavy (non-hydrogen) atoms. The van der Waals surface area contributed by atoms with Gasteiger partial charge in [0.1, 0.15) is 5.76 Å². The van der Waals surface area contributed by atoms with E-state index in [2.05, 4.69) is 31.1 Å².